The van der Waals surface area contributed by atoms with E-state index >= 15 is 0 Å². The zero-order valence-electron chi connectivity index (χ0n) is 17.6. The minimum atomic E-state index is -1.07. The van der Waals surface area contributed by atoms with E-state index in [2.05, 4.69) is 5.10 Å². The minimum absolute atomic E-state index is 0.115. The lowest BCUT2D eigenvalue weighted by Gasteiger charge is -2.13. The van der Waals surface area contributed by atoms with Gasteiger partial charge >= 0.3 is 5.97 Å². The van der Waals surface area contributed by atoms with E-state index in [1.165, 1.54) is 4.68 Å². The molecule has 0 bridgehead atoms. The number of Topliss-reactive ketones (excluding diaryl/α,β-unsaturated/α-hetero) is 1. The number of carbonyl (C=O) groups is 2. The Morgan fingerprint density at radius 3 is 2.24 bits per heavy atom. The van der Waals surface area contributed by atoms with E-state index in [-0.39, 0.29) is 30.7 Å². The number of halogens is 1. The molecule has 7 heteroatoms. The van der Waals surface area contributed by atoms with Crippen LogP contribution in [0.15, 0.2) is 83.8 Å². The van der Waals surface area contributed by atoms with Crippen molar-refractivity contribution >= 4 is 34.1 Å². The molecule has 1 heterocycles. The number of aliphatic carboxylic acids is 1. The summed E-state index contributed by atoms with van der Waals surface area (Å²) in [6.45, 7) is 0.115. The maximum atomic E-state index is 12.7. The maximum Gasteiger partial charge on any atom is 0.307 e. The number of benzene rings is 3. The third-order valence-electron chi connectivity index (χ3n) is 5.62. The highest BCUT2D eigenvalue weighted by Crippen LogP contribution is 2.23. The molecule has 0 aliphatic heterocycles. The SMILES string of the molecule is O=C(CC(CCn1ncc2ccccc2c1=O)C(=O)O)c1ccc(-c2ccc(Cl)cc2)cc1. The topological polar surface area (TPSA) is 89.3 Å². The number of fused-ring (bicyclic) bond motifs is 1. The van der Waals surface area contributed by atoms with Gasteiger partial charge in [0.25, 0.3) is 5.56 Å². The van der Waals surface area contributed by atoms with Crippen molar-refractivity contribution in [3.63, 3.8) is 0 Å². The van der Waals surface area contributed by atoms with Crippen molar-refractivity contribution in [1.82, 2.24) is 9.78 Å². The van der Waals surface area contributed by atoms with Crippen LogP contribution in [0.5, 0.6) is 0 Å². The number of aromatic nitrogens is 2. The number of carboxylic acid groups (broad SMARTS) is 1. The van der Waals surface area contributed by atoms with Crippen molar-refractivity contribution in [3.8, 4) is 11.1 Å². The van der Waals surface area contributed by atoms with Crippen LogP contribution in [0, 0.1) is 5.92 Å². The van der Waals surface area contributed by atoms with Crippen LogP contribution in [-0.2, 0) is 11.3 Å². The van der Waals surface area contributed by atoms with Crippen LogP contribution in [0.4, 0.5) is 0 Å². The highest BCUT2D eigenvalue weighted by molar-refractivity contribution is 6.30. The lowest BCUT2D eigenvalue weighted by Crippen LogP contribution is -2.26. The monoisotopic (exact) mass is 460 g/mol. The quantitative estimate of drug-likeness (QED) is 0.370. The molecule has 0 amide bonds. The zero-order valence-corrected chi connectivity index (χ0v) is 18.4. The van der Waals surface area contributed by atoms with Crippen molar-refractivity contribution in [3.05, 3.63) is 99.9 Å². The van der Waals surface area contributed by atoms with E-state index in [1.807, 2.05) is 30.3 Å². The molecule has 0 fully saturated rings. The van der Waals surface area contributed by atoms with Gasteiger partial charge in [0, 0.05) is 28.9 Å². The summed E-state index contributed by atoms with van der Waals surface area (Å²) in [7, 11) is 0. The number of carboxylic acids is 1. The van der Waals surface area contributed by atoms with Gasteiger partial charge in [-0.25, -0.2) is 4.68 Å². The molecule has 0 aliphatic carbocycles. The second-order valence-corrected chi connectivity index (χ2v) is 8.23. The summed E-state index contributed by atoms with van der Waals surface area (Å²) in [6, 6.07) is 21.5. The van der Waals surface area contributed by atoms with E-state index in [0.717, 1.165) is 16.5 Å². The fraction of sp³-hybridized carbons (Fsp3) is 0.154. The van der Waals surface area contributed by atoms with Crippen molar-refractivity contribution in [2.75, 3.05) is 0 Å². The number of hydrogen-bond donors (Lipinski definition) is 1. The second-order valence-electron chi connectivity index (χ2n) is 7.80. The first kappa shape index (κ1) is 22.4. The van der Waals surface area contributed by atoms with E-state index in [1.54, 1.807) is 48.7 Å². The molecule has 33 heavy (non-hydrogen) atoms. The fourth-order valence-corrected chi connectivity index (χ4v) is 3.84. The Morgan fingerprint density at radius 2 is 1.58 bits per heavy atom. The Hall–Kier alpha value is -3.77. The molecule has 0 radical (unpaired) electrons. The van der Waals surface area contributed by atoms with Crippen LogP contribution < -0.4 is 5.56 Å². The summed E-state index contributed by atoms with van der Waals surface area (Å²) in [5, 5.41) is 15.7. The van der Waals surface area contributed by atoms with E-state index < -0.39 is 11.9 Å². The average molecular weight is 461 g/mol. The number of ketones is 1. The van der Waals surface area contributed by atoms with Crippen LogP contribution in [0.1, 0.15) is 23.2 Å². The van der Waals surface area contributed by atoms with Crippen LogP contribution in [0.3, 0.4) is 0 Å². The molecule has 1 aromatic heterocycles. The van der Waals surface area contributed by atoms with Gasteiger partial charge in [0.15, 0.2) is 5.78 Å². The summed E-state index contributed by atoms with van der Waals surface area (Å²) in [4.78, 5) is 37.1. The predicted molar refractivity (Wildman–Crippen MR) is 128 cm³/mol. The Morgan fingerprint density at radius 1 is 0.939 bits per heavy atom. The van der Waals surface area contributed by atoms with Gasteiger partial charge in [-0.05, 0) is 35.7 Å². The molecule has 4 rings (SSSR count). The molecule has 4 aromatic rings. The smallest absolute Gasteiger partial charge is 0.307 e. The molecular formula is C26H21ClN2O4. The Bertz CT molecular complexity index is 1360. The molecule has 0 saturated heterocycles. The van der Waals surface area contributed by atoms with E-state index in [4.69, 9.17) is 11.6 Å². The van der Waals surface area contributed by atoms with Gasteiger partial charge in [0.2, 0.25) is 0 Å². The number of rotatable bonds is 8. The first-order valence-corrected chi connectivity index (χ1v) is 10.9. The van der Waals surface area contributed by atoms with Gasteiger partial charge < -0.3 is 5.11 Å². The van der Waals surface area contributed by atoms with Gasteiger partial charge in [0.05, 0.1) is 17.5 Å². The highest BCUT2D eigenvalue weighted by atomic mass is 35.5. The number of aryl methyl sites for hydroxylation is 1. The van der Waals surface area contributed by atoms with E-state index in [9.17, 15) is 19.5 Å². The lowest BCUT2D eigenvalue weighted by atomic mass is 9.94. The van der Waals surface area contributed by atoms with Crippen LogP contribution >= 0.6 is 11.6 Å². The van der Waals surface area contributed by atoms with Crippen LogP contribution in [0.25, 0.3) is 21.9 Å². The highest BCUT2D eigenvalue weighted by Gasteiger charge is 2.22. The van der Waals surface area contributed by atoms with Crippen molar-refractivity contribution in [2.45, 2.75) is 19.4 Å². The third-order valence-corrected chi connectivity index (χ3v) is 5.87. The van der Waals surface area contributed by atoms with E-state index in [0.29, 0.717) is 16.0 Å². The fourth-order valence-electron chi connectivity index (χ4n) is 3.71. The molecule has 1 N–H and O–H groups in total. The minimum Gasteiger partial charge on any atom is -0.481 e. The van der Waals surface area contributed by atoms with Gasteiger partial charge in [-0.15, -0.1) is 0 Å². The average Bonchev–Trinajstić information content (AvgIpc) is 2.83. The first-order chi connectivity index (χ1) is 15.9. The summed E-state index contributed by atoms with van der Waals surface area (Å²) < 4.78 is 1.25. The number of nitrogens with zero attached hydrogens (tertiary/aromatic N) is 2. The van der Waals surface area contributed by atoms with Crippen molar-refractivity contribution < 1.29 is 14.7 Å². The summed E-state index contributed by atoms with van der Waals surface area (Å²) >= 11 is 5.92. The molecule has 1 atom stereocenters. The Kier molecular flexibility index (Phi) is 6.66. The summed E-state index contributed by atoms with van der Waals surface area (Å²) in [6.07, 6.45) is 1.55. The van der Waals surface area contributed by atoms with Gasteiger partial charge in [-0.3, -0.25) is 14.4 Å². The standard InChI is InChI=1S/C26H21ClN2O4/c27-22-11-9-18(10-12-22)17-5-7-19(8-6-17)24(30)15-20(26(32)33)13-14-29-25(31)23-4-2-1-3-21(23)16-28-29/h1-12,16,20H,13-15H2,(H,32,33). The van der Waals surface area contributed by atoms with Crippen LogP contribution in [-0.4, -0.2) is 26.6 Å². The molecule has 3 aromatic carbocycles. The zero-order chi connectivity index (χ0) is 23.4. The van der Waals surface area contributed by atoms with Crippen molar-refractivity contribution in [1.29, 1.82) is 0 Å². The normalized spacial score (nSPS) is 11.9. The molecule has 6 nitrogen and oxygen atoms in total. The molecule has 166 valence electrons. The largest absolute Gasteiger partial charge is 0.481 e. The summed E-state index contributed by atoms with van der Waals surface area (Å²) in [5.74, 6) is -2.26. The second kappa shape index (κ2) is 9.79. The number of hydrogen-bond acceptors (Lipinski definition) is 4. The van der Waals surface area contributed by atoms with Gasteiger partial charge in [0.1, 0.15) is 0 Å². The molecule has 0 saturated carbocycles. The Balaban J connectivity index is 1.44. The van der Waals surface area contributed by atoms with Crippen LogP contribution in [0.2, 0.25) is 5.02 Å². The van der Waals surface area contributed by atoms with Gasteiger partial charge in [-0.2, -0.15) is 5.10 Å². The molecule has 0 spiro atoms. The lowest BCUT2D eigenvalue weighted by molar-refractivity contribution is -0.142. The predicted octanol–water partition coefficient (Wildman–Crippen LogP) is 5.08. The van der Waals surface area contributed by atoms with Crippen molar-refractivity contribution in [2.24, 2.45) is 5.92 Å². The first-order valence-electron chi connectivity index (χ1n) is 10.5. The maximum absolute atomic E-state index is 12.7. The number of carbonyl (C=O) groups excluding carboxylic acids is 1. The summed E-state index contributed by atoms with van der Waals surface area (Å²) in [5.41, 5.74) is 2.07. The van der Waals surface area contributed by atoms with Gasteiger partial charge in [-0.1, -0.05) is 66.2 Å². The molecule has 1 unspecified atom stereocenters. The third kappa shape index (κ3) is 5.18. The Labute approximate surface area is 195 Å². The molecular weight excluding hydrogens is 440 g/mol. The molecule has 0 aliphatic rings.